The number of ether oxygens (including phenoxy) is 9. The molecule has 9 aliphatic rings. The summed E-state index contributed by atoms with van der Waals surface area (Å²) in [4.78, 5) is 0. The van der Waals surface area contributed by atoms with Gasteiger partial charge in [0.25, 0.3) is 0 Å². The molecule has 18 heteroatoms. The van der Waals surface area contributed by atoms with Gasteiger partial charge in [-0.05, 0) is 82.0 Å². The number of rotatable bonds is 8. The summed E-state index contributed by atoms with van der Waals surface area (Å²) in [6, 6.07) is 0. The molecule has 9 N–H and O–H groups in total. The van der Waals surface area contributed by atoms with Gasteiger partial charge >= 0.3 is 0 Å². The van der Waals surface area contributed by atoms with Gasteiger partial charge in [0.05, 0.1) is 37.1 Å². The van der Waals surface area contributed by atoms with E-state index < -0.39 is 117 Å². The minimum atomic E-state index is -1.74. The van der Waals surface area contributed by atoms with Crippen molar-refractivity contribution in [3.8, 4) is 0 Å². The molecule has 0 aromatic heterocycles. The topological polar surface area (TPSA) is 265 Å². The first-order valence-corrected chi connectivity index (χ1v) is 23.8. The van der Waals surface area contributed by atoms with E-state index in [0.717, 1.165) is 32.1 Å². The summed E-state index contributed by atoms with van der Waals surface area (Å²) in [6.07, 6.45) is -14.8. The molecule has 9 rings (SSSR count). The Morgan fingerprint density at radius 1 is 0.672 bits per heavy atom. The lowest BCUT2D eigenvalue weighted by atomic mass is 9.46. The average Bonchev–Trinajstić information content (AvgIpc) is 3.72. The Hall–Kier alpha value is -0.980. The van der Waals surface area contributed by atoms with Crippen molar-refractivity contribution in [1.82, 2.24) is 0 Å². The standard InChI is InChI=1S/C46H74O18/c1-18-10-13-46(64-40(18)56-7)19(2)30-27(63-46)15-26-24-9-8-22-14-23(11-12-44(22,5)25(24)16-29(48)45(26,30)6)59-43-39(62-42-36(54)34(52)32(50)21(4)58-42)37(55)38(28(17-47)60-43)61-41-35(53)33(51)31(49)20(3)57-41/h8,18-21,23-43,47-55H,9-17H2,1-7H3. The first-order valence-electron chi connectivity index (χ1n) is 23.8. The predicted molar refractivity (Wildman–Crippen MR) is 220 cm³/mol. The van der Waals surface area contributed by atoms with Crippen molar-refractivity contribution < 1.29 is 88.6 Å². The Balaban J connectivity index is 0.924. The number of fused-ring (bicyclic) bond motifs is 7. The van der Waals surface area contributed by atoms with E-state index in [2.05, 4.69) is 33.8 Å². The third-order valence-corrected chi connectivity index (χ3v) is 18.1. The maximum atomic E-state index is 12.4. The highest BCUT2D eigenvalue weighted by molar-refractivity contribution is 5.27. The second kappa shape index (κ2) is 17.8. The molecular weight excluding hydrogens is 840 g/mol. The summed E-state index contributed by atoms with van der Waals surface area (Å²) in [5.41, 5.74) is 0.665. The van der Waals surface area contributed by atoms with E-state index >= 15 is 0 Å². The highest BCUT2D eigenvalue weighted by Gasteiger charge is 2.71. The molecular formula is C46H74O18. The SMILES string of the molecule is COC1OC2(CCC1C)OC1CC3C4CC=C5CC(OC6OC(CO)C(OC7OC(C)C(O)C(O)C7O)C(O)C6OC6OC(C)C(O)C(O)C6O)CCC5(C)C4CC(O)C3(C)C1C2C. The normalized spacial score (nSPS) is 58.6. The van der Waals surface area contributed by atoms with Gasteiger partial charge in [-0.1, -0.05) is 39.3 Å². The minimum Gasteiger partial charge on any atom is -0.394 e. The Morgan fingerprint density at radius 2 is 1.31 bits per heavy atom. The van der Waals surface area contributed by atoms with Crippen LogP contribution in [0.15, 0.2) is 11.6 Å². The lowest BCUT2D eigenvalue weighted by Crippen LogP contribution is -2.66. The third-order valence-electron chi connectivity index (χ3n) is 18.1. The fourth-order valence-corrected chi connectivity index (χ4v) is 14.2. The van der Waals surface area contributed by atoms with Gasteiger partial charge < -0.3 is 88.6 Å². The van der Waals surface area contributed by atoms with Gasteiger partial charge in [0.2, 0.25) is 0 Å². The molecule has 8 fully saturated rings. The van der Waals surface area contributed by atoms with Crippen LogP contribution in [0, 0.1) is 46.3 Å². The van der Waals surface area contributed by atoms with Crippen LogP contribution >= 0.6 is 0 Å². The van der Waals surface area contributed by atoms with E-state index in [-0.39, 0.29) is 52.8 Å². The van der Waals surface area contributed by atoms with Crippen LogP contribution in [0.25, 0.3) is 0 Å². The highest BCUT2D eigenvalue weighted by atomic mass is 16.8. The van der Waals surface area contributed by atoms with Crippen LogP contribution in [-0.4, -0.2) is 182 Å². The summed E-state index contributed by atoms with van der Waals surface area (Å²) in [5.74, 6) is 0.639. The van der Waals surface area contributed by atoms with Gasteiger partial charge in [0, 0.05) is 36.7 Å². The number of hydrogen-bond acceptors (Lipinski definition) is 18. The molecule has 0 aromatic rings. The molecule has 4 aliphatic carbocycles. The van der Waals surface area contributed by atoms with Crippen LogP contribution < -0.4 is 0 Å². The van der Waals surface area contributed by atoms with Crippen molar-refractivity contribution in [2.75, 3.05) is 13.7 Å². The van der Waals surface area contributed by atoms with Gasteiger partial charge in [0.15, 0.2) is 30.9 Å². The zero-order chi connectivity index (χ0) is 45.9. The predicted octanol–water partition coefficient (Wildman–Crippen LogP) is 0.185. The summed E-state index contributed by atoms with van der Waals surface area (Å²) >= 11 is 0. The zero-order valence-corrected chi connectivity index (χ0v) is 38.1. The van der Waals surface area contributed by atoms with Crippen molar-refractivity contribution in [3.63, 3.8) is 0 Å². The fraction of sp³-hybridized carbons (Fsp3) is 0.957. The summed E-state index contributed by atoms with van der Waals surface area (Å²) in [6.45, 7) is 11.3. The Kier molecular flexibility index (Phi) is 13.3. The van der Waals surface area contributed by atoms with E-state index in [1.807, 2.05) is 0 Å². The highest BCUT2D eigenvalue weighted by Crippen LogP contribution is 2.71. The quantitative estimate of drug-likeness (QED) is 0.147. The largest absolute Gasteiger partial charge is 0.394 e. The van der Waals surface area contributed by atoms with Crippen LogP contribution in [-0.2, 0) is 42.6 Å². The zero-order valence-electron chi connectivity index (χ0n) is 38.1. The molecule has 1 spiro atoms. The Labute approximate surface area is 375 Å². The lowest BCUT2D eigenvalue weighted by molar-refractivity contribution is -0.388. The molecule has 18 nitrogen and oxygen atoms in total. The van der Waals surface area contributed by atoms with Gasteiger partial charge in [-0.15, -0.1) is 0 Å². The minimum absolute atomic E-state index is 0.0136. The van der Waals surface area contributed by atoms with E-state index in [4.69, 9.17) is 42.6 Å². The van der Waals surface area contributed by atoms with Crippen LogP contribution in [0.1, 0.15) is 92.9 Å². The number of methoxy groups -OCH3 is 1. The summed E-state index contributed by atoms with van der Waals surface area (Å²) < 4.78 is 55.9. The molecule has 3 saturated carbocycles. The summed E-state index contributed by atoms with van der Waals surface area (Å²) in [7, 11) is 1.69. The fourth-order valence-electron chi connectivity index (χ4n) is 14.2. The van der Waals surface area contributed by atoms with Gasteiger partial charge in [-0.2, -0.15) is 0 Å². The summed E-state index contributed by atoms with van der Waals surface area (Å²) in [5, 5.41) is 98.4. The molecule has 0 bridgehead atoms. The smallest absolute Gasteiger partial charge is 0.187 e. The average molecular weight is 915 g/mol. The first-order chi connectivity index (χ1) is 30.3. The van der Waals surface area contributed by atoms with E-state index in [9.17, 15) is 46.0 Å². The maximum absolute atomic E-state index is 12.4. The second-order valence-corrected chi connectivity index (χ2v) is 21.4. The number of hydrogen-bond donors (Lipinski definition) is 9. The van der Waals surface area contributed by atoms with Crippen molar-refractivity contribution in [1.29, 1.82) is 0 Å². The van der Waals surface area contributed by atoms with Gasteiger partial charge in [-0.25, -0.2) is 0 Å². The van der Waals surface area contributed by atoms with E-state index in [0.29, 0.717) is 25.2 Å². The molecule has 0 radical (unpaired) electrons. The Bertz CT molecular complexity index is 1690. The van der Waals surface area contributed by atoms with Crippen molar-refractivity contribution in [2.45, 2.75) is 215 Å². The number of aliphatic hydroxyl groups excluding tert-OH is 9. The molecule has 5 heterocycles. The Morgan fingerprint density at radius 3 is 1.94 bits per heavy atom. The van der Waals surface area contributed by atoms with E-state index in [1.165, 1.54) is 19.4 Å². The lowest BCUT2D eigenvalue weighted by Gasteiger charge is -2.60. The molecule has 5 aliphatic heterocycles. The van der Waals surface area contributed by atoms with Gasteiger partial charge in [0.1, 0.15) is 61.0 Å². The monoisotopic (exact) mass is 914 g/mol. The number of allylic oxidation sites excluding steroid dienone is 1. The molecule has 5 saturated heterocycles. The first kappa shape index (κ1) is 48.1. The van der Waals surface area contributed by atoms with Crippen molar-refractivity contribution in [2.24, 2.45) is 46.3 Å². The van der Waals surface area contributed by atoms with Crippen LogP contribution in [0.5, 0.6) is 0 Å². The van der Waals surface area contributed by atoms with Crippen molar-refractivity contribution >= 4 is 0 Å². The molecule has 28 atom stereocenters. The van der Waals surface area contributed by atoms with Crippen LogP contribution in [0.4, 0.5) is 0 Å². The van der Waals surface area contributed by atoms with E-state index in [1.54, 1.807) is 7.11 Å². The maximum Gasteiger partial charge on any atom is 0.187 e. The molecule has 64 heavy (non-hydrogen) atoms. The second-order valence-electron chi connectivity index (χ2n) is 21.4. The molecule has 28 unspecified atom stereocenters. The van der Waals surface area contributed by atoms with Crippen LogP contribution in [0.3, 0.4) is 0 Å². The third kappa shape index (κ3) is 7.60. The molecule has 0 aromatic carbocycles. The van der Waals surface area contributed by atoms with Crippen molar-refractivity contribution in [3.05, 3.63) is 11.6 Å². The number of aliphatic hydroxyl groups is 9. The molecule has 366 valence electrons. The van der Waals surface area contributed by atoms with Crippen LogP contribution in [0.2, 0.25) is 0 Å². The molecule has 0 amide bonds. The van der Waals surface area contributed by atoms with Gasteiger partial charge in [-0.3, -0.25) is 0 Å².